The topological polar surface area (TPSA) is 62.3 Å². The van der Waals surface area contributed by atoms with Gasteiger partial charge in [0, 0.05) is 35.8 Å². The van der Waals surface area contributed by atoms with Crippen LogP contribution in [-0.2, 0) is 4.79 Å². The molecule has 2 amide bonds. The second-order valence-electron chi connectivity index (χ2n) is 5.22. The molecule has 0 aliphatic carbocycles. The van der Waals surface area contributed by atoms with E-state index in [-0.39, 0.29) is 17.2 Å². The molecule has 0 saturated carbocycles. The van der Waals surface area contributed by atoms with Gasteiger partial charge in [-0.05, 0) is 19.8 Å². The standard InChI is InChI=1S/C13H17N3O2S2/c1-8-6-19-11(14-8)9-2-4-16(5-3-9)12(17)10-7-20-13(18)15-10/h6,9-10H,2-5,7H2,1H3,(H,15,18)/t10-/m0/s1. The lowest BCUT2D eigenvalue weighted by molar-refractivity contribution is -0.133. The van der Waals surface area contributed by atoms with Gasteiger partial charge in [-0.1, -0.05) is 11.8 Å². The number of amides is 2. The Hall–Kier alpha value is -1.08. The molecule has 2 saturated heterocycles. The van der Waals surface area contributed by atoms with Gasteiger partial charge in [-0.3, -0.25) is 9.59 Å². The highest BCUT2D eigenvalue weighted by Crippen LogP contribution is 2.30. The monoisotopic (exact) mass is 311 g/mol. The first-order valence-electron chi connectivity index (χ1n) is 6.77. The van der Waals surface area contributed by atoms with Crippen molar-refractivity contribution < 1.29 is 9.59 Å². The molecule has 1 aromatic rings. The summed E-state index contributed by atoms with van der Waals surface area (Å²) in [4.78, 5) is 29.9. The Bertz CT molecular complexity index is 523. The van der Waals surface area contributed by atoms with Gasteiger partial charge in [-0.25, -0.2) is 4.98 Å². The normalized spacial score (nSPS) is 23.9. The molecule has 3 rings (SSSR count). The van der Waals surface area contributed by atoms with Gasteiger partial charge < -0.3 is 10.2 Å². The fourth-order valence-corrected chi connectivity index (χ4v) is 4.38. The lowest BCUT2D eigenvalue weighted by Gasteiger charge is -2.32. The lowest BCUT2D eigenvalue weighted by Crippen LogP contribution is -2.48. The van der Waals surface area contributed by atoms with E-state index < -0.39 is 0 Å². The number of thioether (sulfide) groups is 1. The molecule has 0 aromatic carbocycles. The summed E-state index contributed by atoms with van der Waals surface area (Å²) < 4.78 is 0. The van der Waals surface area contributed by atoms with Crippen LogP contribution in [0.25, 0.3) is 0 Å². The van der Waals surface area contributed by atoms with Gasteiger partial charge >= 0.3 is 0 Å². The summed E-state index contributed by atoms with van der Waals surface area (Å²) in [5.74, 6) is 1.10. The molecule has 2 aliphatic rings. The molecular weight excluding hydrogens is 294 g/mol. The lowest BCUT2D eigenvalue weighted by atomic mass is 9.97. The molecule has 1 aromatic heterocycles. The number of carbonyl (C=O) groups is 2. The molecule has 0 unspecified atom stereocenters. The molecule has 20 heavy (non-hydrogen) atoms. The minimum Gasteiger partial charge on any atom is -0.341 e. The second kappa shape index (κ2) is 5.73. The molecule has 3 heterocycles. The first-order valence-corrected chi connectivity index (χ1v) is 8.64. The number of nitrogens with zero attached hydrogens (tertiary/aromatic N) is 2. The number of aromatic nitrogens is 1. The summed E-state index contributed by atoms with van der Waals surface area (Å²) in [5.41, 5.74) is 1.08. The van der Waals surface area contributed by atoms with Crippen LogP contribution in [0.4, 0.5) is 4.79 Å². The SMILES string of the molecule is Cc1csc(C2CCN(C(=O)[C@@H]3CSC(=O)N3)CC2)n1. The first-order chi connectivity index (χ1) is 9.63. The van der Waals surface area contributed by atoms with Gasteiger partial charge in [0.05, 0.1) is 5.01 Å². The third kappa shape index (κ3) is 2.83. The largest absolute Gasteiger partial charge is 0.341 e. The van der Waals surface area contributed by atoms with Gasteiger partial charge in [0.15, 0.2) is 0 Å². The van der Waals surface area contributed by atoms with Crippen LogP contribution in [0.15, 0.2) is 5.38 Å². The van der Waals surface area contributed by atoms with Gasteiger partial charge in [0.25, 0.3) is 5.24 Å². The van der Waals surface area contributed by atoms with Crippen molar-refractivity contribution >= 4 is 34.2 Å². The molecule has 0 radical (unpaired) electrons. The molecule has 2 fully saturated rings. The molecule has 1 atom stereocenters. The quantitative estimate of drug-likeness (QED) is 0.907. The summed E-state index contributed by atoms with van der Waals surface area (Å²) in [5, 5.41) is 5.91. The molecule has 5 nitrogen and oxygen atoms in total. The predicted molar refractivity (Wildman–Crippen MR) is 80.2 cm³/mol. The number of hydrogen-bond donors (Lipinski definition) is 1. The van der Waals surface area contributed by atoms with Gasteiger partial charge in [-0.15, -0.1) is 11.3 Å². The first kappa shape index (κ1) is 13.9. The highest BCUT2D eigenvalue weighted by Gasteiger charge is 2.33. The van der Waals surface area contributed by atoms with Gasteiger partial charge in [0.1, 0.15) is 6.04 Å². The fourth-order valence-electron chi connectivity index (χ4n) is 2.64. The summed E-state index contributed by atoms with van der Waals surface area (Å²) in [7, 11) is 0. The number of rotatable bonds is 2. The molecular formula is C13H17N3O2S2. The molecule has 108 valence electrons. The third-order valence-electron chi connectivity index (χ3n) is 3.76. The Morgan fingerprint density at radius 1 is 1.45 bits per heavy atom. The zero-order valence-corrected chi connectivity index (χ0v) is 12.9. The van der Waals surface area contributed by atoms with E-state index in [2.05, 4.69) is 15.7 Å². The van der Waals surface area contributed by atoms with E-state index in [9.17, 15) is 9.59 Å². The van der Waals surface area contributed by atoms with E-state index >= 15 is 0 Å². The van der Waals surface area contributed by atoms with E-state index in [1.54, 1.807) is 11.3 Å². The Morgan fingerprint density at radius 3 is 2.75 bits per heavy atom. The van der Waals surface area contributed by atoms with E-state index in [0.29, 0.717) is 11.7 Å². The van der Waals surface area contributed by atoms with Gasteiger partial charge in [0.2, 0.25) is 5.91 Å². The van der Waals surface area contributed by atoms with Crippen molar-refractivity contribution in [1.29, 1.82) is 0 Å². The summed E-state index contributed by atoms with van der Waals surface area (Å²) in [6, 6.07) is -0.328. The molecule has 1 N–H and O–H groups in total. The van der Waals surface area contributed by atoms with Gasteiger partial charge in [-0.2, -0.15) is 0 Å². The Labute approximate surface area is 126 Å². The highest BCUT2D eigenvalue weighted by atomic mass is 32.2. The van der Waals surface area contributed by atoms with Crippen LogP contribution in [0, 0.1) is 6.92 Å². The predicted octanol–water partition coefficient (Wildman–Crippen LogP) is 1.98. The van der Waals surface area contributed by atoms with Crippen molar-refractivity contribution in [1.82, 2.24) is 15.2 Å². The second-order valence-corrected chi connectivity index (χ2v) is 7.10. The van der Waals surface area contributed by atoms with E-state index in [1.807, 2.05) is 11.8 Å². The van der Waals surface area contributed by atoms with Crippen LogP contribution in [0.1, 0.15) is 29.5 Å². The van der Waals surface area contributed by atoms with Crippen molar-refractivity contribution in [2.24, 2.45) is 0 Å². The Morgan fingerprint density at radius 2 is 2.20 bits per heavy atom. The van der Waals surface area contributed by atoms with Crippen LogP contribution in [0.3, 0.4) is 0 Å². The van der Waals surface area contributed by atoms with Crippen LogP contribution in [0.5, 0.6) is 0 Å². The molecule has 2 aliphatic heterocycles. The summed E-state index contributed by atoms with van der Waals surface area (Å²) in [6.45, 7) is 3.54. The average molecular weight is 311 g/mol. The zero-order valence-electron chi connectivity index (χ0n) is 11.3. The number of nitrogens with one attached hydrogen (secondary N) is 1. The average Bonchev–Trinajstić information content (AvgIpc) is 3.07. The van der Waals surface area contributed by atoms with E-state index in [4.69, 9.17) is 0 Å². The number of aryl methyl sites for hydroxylation is 1. The minimum atomic E-state index is -0.328. The van der Waals surface area contributed by atoms with Crippen molar-refractivity contribution in [3.63, 3.8) is 0 Å². The van der Waals surface area contributed by atoms with Crippen LogP contribution < -0.4 is 5.32 Å². The maximum atomic E-state index is 12.3. The van der Waals surface area contributed by atoms with Crippen molar-refractivity contribution in [3.8, 4) is 0 Å². The molecule has 0 spiro atoms. The van der Waals surface area contributed by atoms with Crippen molar-refractivity contribution in [2.75, 3.05) is 18.8 Å². The Balaban J connectivity index is 1.55. The summed E-state index contributed by atoms with van der Waals surface area (Å²) >= 11 is 2.91. The number of thiazole rings is 1. The smallest absolute Gasteiger partial charge is 0.279 e. The number of hydrogen-bond acceptors (Lipinski definition) is 5. The van der Waals surface area contributed by atoms with Crippen LogP contribution in [-0.4, -0.2) is 45.9 Å². The molecule has 7 heteroatoms. The van der Waals surface area contributed by atoms with Crippen LogP contribution >= 0.6 is 23.1 Å². The fraction of sp³-hybridized carbons (Fsp3) is 0.615. The number of likely N-dealkylation sites (tertiary alicyclic amines) is 1. The van der Waals surface area contributed by atoms with Crippen molar-refractivity contribution in [3.05, 3.63) is 16.1 Å². The molecule has 0 bridgehead atoms. The minimum absolute atomic E-state index is 0.0668. The van der Waals surface area contributed by atoms with Crippen molar-refractivity contribution in [2.45, 2.75) is 31.7 Å². The number of piperidine rings is 1. The highest BCUT2D eigenvalue weighted by molar-refractivity contribution is 8.14. The van der Waals surface area contributed by atoms with E-state index in [0.717, 1.165) is 31.6 Å². The third-order valence-corrected chi connectivity index (χ3v) is 5.77. The maximum Gasteiger partial charge on any atom is 0.279 e. The summed E-state index contributed by atoms with van der Waals surface area (Å²) in [6.07, 6.45) is 1.93. The van der Waals surface area contributed by atoms with Crippen LogP contribution in [0.2, 0.25) is 0 Å². The van der Waals surface area contributed by atoms with E-state index in [1.165, 1.54) is 16.8 Å². The number of carbonyl (C=O) groups excluding carboxylic acids is 2. The Kier molecular flexibility index (Phi) is 3.98. The maximum absolute atomic E-state index is 12.3. The zero-order chi connectivity index (χ0) is 14.1.